The Kier molecular flexibility index (Phi) is 4.10. The van der Waals surface area contributed by atoms with Gasteiger partial charge in [0.1, 0.15) is 11.5 Å². The van der Waals surface area contributed by atoms with Gasteiger partial charge in [0.15, 0.2) is 0 Å². The van der Waals surface area contributed by atoms with Crippen LogP contribution in [-0.4, -0.2) is 4.98 Å². The Balaban J connectivity index is 2.45. The number of nitrogen functional groups attached to an aromatic ring is 1. The Hall–Kier alpha value is -1.55. The van der Waals surface area contributed by atoms with Gasteiger partial charge in [0.25, 0.3) is 0 Å². The first-order valence-corrected chi connectivity index (χ1v) is 6.95. The van der Waals surface area contributed by atoms with E-state index < -0.39 is 0 Å². The van der Waals surface area contributed by atoms with Crippen LogP contribution in [0.25, 0.3) is 0 Å². The lowest BCUT2D eigenvalue weighted by Crippen LogP contribution is -1.99. The summed E-state index contributed by atoms with van der Waals surface area (Å²) in [6.45, 7) is 6.23. The molecular formula is C15H17BrN2O. The van der Waals surface area contributed by atoms with E-state index in [1.807, 2.05) is 25.1 Å². The standard InChI is InChI=1S/C15H17BrN2O/c1-9(2)11-7-13(17)10(3)6-15(11)19-14-4-5-18-8-12(14)16/h4-9H,17H2,1-3H3. The third-order valence-electron chi connectivity index (χ3n) is 2.98. The van der Waals surface area contributed by atoms with Crippen LogP contribution in [0.4, 0.5) is 5.69 Å². The van der Waals surface area contributed by atoms with Crippen molar-refractivity contribution < 1.29 is 4.74 Å². The molecule has 2 aromatic rings. The van der Waals surface area contributed by atoms with Gasteiger partial charge < -0.3 is 10.5 Å². The molecule has 0 amide bonds. The van der Waals surface area contributed by atoms with E-state index >= 15 is 0 Å². The average Bonchev–Trinajstić information content (AvgIpc) is 2.36. The third kappa shape index (κ3) is 3.07. The van der Waals surface area contributed by atoms with E-state index in [1.54, 1.807) is 12.4 Å². The van der Waals surface area contributed by atoms with Gasteiger partial charge in [-0.15, -0.1) is 0 Å². The molecule has 4 heteroatoms. The highest BCUT2D eigenvalue weighted by Gasteiger charge is 2.12. The van der Waals surface area contributed by atoms with E-state index in [0.29, 0.717) is 5.92 Å². The number of benzene rings is 1. The molecule has 0 radical (unpaired) electrons. The summed E-state index contributed by atoms with van der Waals surface area (Å²) in [6.07, 6.45) is 3.42. The van der Waals surface area contributed by atoms with Crippen molar-refractivity contribution >= 4 is 21.6 Å². The lowest BCUT2D eigenvalue weighted by atomic mass is 9.99. The first kappa shape index (κ1) is 13.9. The van der Waals surface area contributed by atoms with E-state index in [4.69, 9.17) is 10.5 Å². The molecule has 1 aromatic heterocycles. The molecule has 2 rings (SSSR count). The fourth-order valence-corrected chi connectivity index (χ4v) is 2.15. The van der Waals surface area contributed by atoms with Crippen molar-refractivity contribution in [3.63, 3.8) is 0 Å². The zero-order valence-corrected chi connectivity index (χ0v) is 12.9. The van der Waals surface area contributed by atoms with Crippen LogP contribution in [0.3, 0.4) is 0 Å². The lowest BCUT2D eigenvalue weighted by molar-refractivity contribution is 0.469. The molecule has 0 saturated heterocycles. The summed E-state index contributed by atoms with van der Waals surface area (Å²) in [4.78, 5) is 4.03. The van der Waals surface area contributed by atoms with Crippen LogP contribution >= 0.6 is 15.9 Å². The van der Waals surface area contributed by atoms with Gasteiger partial charge in [-0.25, -0.2) is 0 Å². The molecule has 1 heterocycles. The van der Waals surface area contributed by atoms with Crippen molar-refractivity contribution in [2.75, 3.05) is 5.73 Å². The summed E-state index contributed by atoms with van der Waals surface area (Å²) in [5.41, 5.74) is 8.89. The molecule has 3 nitrogen and oxygen atoms in total. The number of halogens is 1. The third-order valence-corrected chi connectivity index (χ3v) is 3.57. The number of ether oxygens (including phenoxy) is 1. The fourth-order valence-electron chi connectivity index (χ4n) is 1.82. The molecule has 2 N–H and O–H groups in total. The summed E-state index contributed by atoms with van der Waals surface area (Å²) < 4.78 is 6.83. The van der Waals surface area contributed by atoms with Crippen LogP contribution in [0.5, 0.6) is 11.5 Å². The molecule has 0 aliphatic heterocycles. The number of nitrogens with zero attached hydrogens (tertiary/aromatic N) is 1. The van der Waals surface area contributed by atoms with Crippen LogP contribution < -0.4 is 10.5 Å². The number of aromatic nitrogens is 1. The van der Waals surface area contributed by atoms with Crippen LogP contribution in [0.1, 0.15) is 30.9 Å². The van der Waals surface area contributed by atoms with Crippen molar-refractivity contribution in [1.29, 1.82) is 0 Å². The second-order valence-corrected chi connectivity index (χ2v) is 5.66. The van der Waals surface area contributed by atoms with E-state index in [-0.39, 0.29) is 0 Å². The normalized spacial score (nSPS) is 10.8. The predicted molar refractivity (Wildman–Crippen MR) is 81.7 cm³/mol. The van der Waals surface area contributed by atoms with E-state index in [2.05, 4.69) is 34.8 Å². The van der Waals surface area contributed by atoms with Crippen LogP contribution in [0.15, 0.2) is 35.1 Å². The van der Waals surface area contributed by atoms with Crippen molar-refractivity contribution in [3.8, 4) is 11.5 Å². The highest BCUT2D eigenvalue weighted by atomic mass is 79.9. The number of rotatable bonds is 3. The first-order chi connectivity index (χ1) is 8.99. The van der Waals surface area contributed by atoms with Crippen LogP contribution in [-0.2, 0) is 0 Å². The zero-order valence-electron chi connectivity index (χ0n) is 11.3. The fraction of sp³-hybridized carbons (Fsp3) is 0.267. The molecule has 0 bridgehead atoms. The topological polar surface area (TPSA) is 48.1 Å². The Bertz CT molecular complexity index is 597. The summed E-state index contributed by atoms with van der Waals surface area (Å²) in [5.74, 6) is 1.94. The van der Waals surface area contributed by atoms with Crippen molar-refractivity contribution in [3.05, 3.63) is 46.2 Å². The molecule has 19 heavy (non-hydrogen) atoms. The monoisotopic (exact) mass is 320 g/mol. The molecular weight excluding hydrogens is 304 g/mol. The zero-order chi connectivity index (χ0) is 14.0. The van der Waals surface area contributed by atoms with Gasteiger partial charge in [-0.1, -0.05) is 13.8 Å². The largest absolute Gasteiger partial charge is 0.456 e. The Morgan fingerprint density at radius 3 is 2.63 bits per heavy atom. The number of hydrogen-bond acceptors (Lipinski definition) is 3. The van der Waals surface area contributed by atoms with E-state index in [0.717, 1.165) is 32.8 Å². The lowest BCUT2D eigenvalue weighted by Gasteiger charge is -2.16. The maximum absolute atomic E-state index is 5.99. The Morgan fingerprint density at radius 1 is 1.26 bits per heavy atom. The molecule has 1 aromatic carbocycles. The number of anilines is 1. The molecule has 0 fully saturated rings. The van der Waals surface area contributed by atoms with E-state index in [1.165, 1.54) is 0 Å². The highest BCUT2D eigenvalue weighted by Crippen LogP contribution is 2.36. The predicted octanol–water partition coefficient (Wildman–Crippen LogP) is 4.65. The van der Waals surface area contributed by atoms with Crippen molar-refractivity contribution in [2.45, 2.75) is 26.7 Å². The van der Waals surface area contributed by atoms with Gasteiger partial charge in [0.2, 0.25) is 0 Å². The van der Waals surface area contributed by atoms with Crippen LogP contribution in [0.2, 0.25) is 0 Å². The molecule has 0 aliphatic carbocycles. The van der Waals surface area contributed by atoms with Gasteiger partial charge in [-0.05, 0) is 52.0 Å². The molecule has 0 unspecified atom stereocenters. The SMILES string of the molecule is Cc1cc(Oc2ccncc2Br)c(C(C)C)cc1N. The van der Waals surface area contributed by atoms with Gasteiger partial charge in [-0.3, -0.25) is 4.98 Å². The van der Waals surface area contributed by atoms with Gasteiger partial charge >= 0.3 is 0 Å². The molecule has 0 spiro atoms. The maximum atomic E-state index is 5.99. The molecule has 0 atom stereocenters. The second kappa shape index (κ2) is 5.61. The Morgan fingerprint density at radius 2 is 2.00 bits per heavy atom. The average molecular weight is 321 g/mol. The summed E-state index contributed by atoms with van der Waals surface area (Å²) >= 11 is 3.44. The minimum absolute atomic E-state index is 0.346. The summed E-state index contributed by atoms with van der Waals surface area (Å²) in [5, 5.41) is 0. The minimum Gasteiger partial charge on any atom is -0.456 e. The molecule has 100 valence electrons. The smallest absolute Gasteiger partial charge is 0.144 e. The summed E-state index contributed by atoms with van der Waals surface area (Å²) in [7, 11) is 0. The maximum Gasteiger partial charge on any atom is 0.144 e. The molecule has 0 aliphatic rings. The van der Waals surface area contributed by atoms with E-state index in [9.17, 15) is 0 Å². The first-order valence-electron chi connectivity index (χ1n) is 6.16. The highest BCUT2D eigenvalue weighted by molar-refractivity contribution is 9.10. The Labute approximate surface area is 121 Å². The van der Waals surface area contributed by atoms with Gasteiger partial charge in [-0.2, -0.15) is 0 Å². The van der Waals surface area contributed by atoms with Gasteiger partial charge in [0, 0.05) is 24.1 Å². The second-order valence-electron chi connectivity index (χ2n) is 4.81. The quantitative estimate of drug-likeness (QED) is 0.837. The number of nitrogens with two attached hydrogens (primary N) is 1. The summed E-state index contributed by atoms with van der Waals surface area (Å²) in [6, 6.07) is 5.81. The number of pyridine rings is 1. The number of aryl methyl sites for hydroxylation is 1. The van der Waals surface area contributed by atoms with Crippen LogP contribution in [0, 0.1) is 6.92 Å². The molecule has 0 saturated carbocycles. The van der Waals surface area contributed by atoms with Gasteiger partial charge in [0.05, 0.1) is 4.47 Å². The minimum atomic E-state index is 0.346. The van der Waals surface area contributed by atoms with Crippen molar-refractivity contribution in [1.82, 2.24) is 4.98 Å². The van der Waals surface area contributed by atoms with Crippen molar-refractivity contribution in [2.24, 2.45) is 0 Å². The number of hydrogen-bond donors (Lipinski definition) is 1.